The van der Waals surface area contributed by atoms with Crippen molar-refractivity contribution >= 4 is 5.97 Å². The molecule has 0 radical (unpaired) electrons. The lowest BCUT2D eigenvalue weighted by Gasteiger charge is -2.53. The van der Waals surface area contributed by atoms with Gasteiger partial charge in [0.15, 0.2) is 6.10 Å². The van der Waals surface area contributed by atoms with Crippen molar-refractivity contribution in [3.05, 3.63) is 0 Å². The van der Waals surface area contributed by atoms with E-state index in [1.165, 1.54) is 0 Å². The zero-order chi connectivity index (χ0) is 13.5. The van der Waals surface area contributed by atoms with Crippen LogP contribution < -0.4 is 0 Å². The molecule has 2 N–H and O–H groups in total. The second-order valence-electron chi connectivity index (χ2n) is 7.33. The number of hydrogen-bond acceptors (Lipinski definition) is 4. The Kier molecular flexibility index (Phi) is 2.14. The molecule has 4 rings (SSSR count). The van der Waals surface area contributed by atoms with Crippen LogP contribution >= 0.6 is 0 Å². The molecule has 1 heterocycles. The van der Waals surface area contributed by atoms with Crippen molar-refractivity contribution < 1.29 is 19.7 Å². The van der Waals surface area contributed by atoms with E-state index in [9.17, 15) is 15.0 Å². The number of aliphatic hydroxyl groups is 2. The molecule has 4 fully saturated rings. The Morgan fingerprint density at radius 1 is 1.26 bits per heavy atom. The highest BCUT2D eigenvalue weighted by atomic mass is 16.6. The third-order valence-electron chi connectivity index (χ3n) is 6.83. The minimum atomic E-state index is -1.01. The quantitative estimate of drug-likeness (QED) is 0.704. The van der Waals surface area contributed by atoms with E-state index in [0.29, 0.717) is 18.3 Å². The third kappa shape index (κ3) is 1.13. The fraction of sp³-hybridized carbons (Fsp3) is 0.933. The lowest BCUT2D eigenvalue weighted by molar-refractivity contribution is -0.205. The van der Waals surface area contributed by atoms with Crippen LogP contribution in [0.1, 0.15) is 51.9 Å². The minimum absolute atomic E-state index is 0.309. The summed E-state index contributed by atoms with van der Waals surface area (Å²) in [5, 5.41) is 21.1. The van der Waals surface area contributed by atoms with E-state index in [1.54, 1.807) is 0 Å². The highest BCUT2D eigenvalue weighted by Crippen LogP contribution is 2.73. The summed E-state index contributed by atoms with van der Waals surface area (Å²) in [6.45, 7) is 1.94. The Hall–Kier alpha value is -0.610. The molecule has 0 aromatic rings. The summed E-state index contributed by atoms with van der Waals surface area (Å²) in [7, 11) is 0. The predicted molar refractivity (Wildman–Crippen MR) is 67.2 cm³/mol. The van der Waals surface area contributed by atoms with Crippen LogP contribution in [0.3, 0.4) is 0 Å². The monoisotopic (exact) mass is 266 g/mol. The summed E-state index contributed by atoms with van der Waals surface area (Å²) in [6, 6.07) is 0. The number of ether oxygens (including phenoxy) is 1. The highest BCUT2D eigenvalue weighted by molar-refractivity contribution is 5.77. The van der Waals surface area contributed by atoms with Crippen LogP contribution in [-0.4, -0.2) is 33.5 Å². The van der Waals surface area contributed by atoms with Crippen LogP contribution in [0.15, 0.2) is 0 Å². The van der Waals surface area contributed by atoms with E-state index in [-0.39, 0.29) is 5.41 Å². The van der Waals surface area contributed by atoms with E-state index in [4.69, 9.17) is 4.74 Å². The number of hydrogen-bond donors (Lipinski definition) is 2. The van der Waals surface area contributed by atoms with Crippen LogP contribution in [-0.2, 0) is 9.53 Å². The SMILES string of the molecule is CC1(C23CCCC2(O)C2CCC3C2)CC(O)C(=O)O1. The summed E-state index contributed by atoms with van der Waals surface area (Å²) in [6.07, 6.45) is 5.41. The first-order valence-corrected chi connectivity index (χ1v) is 7.56. The zero-order valence-electron chi connectivity index (χ0n) is 11.4. The summed E-state index contributed by atoms with van der Waals surface area (Å²) < 4.78 is 5.62. The van der Waals surface area contributed by atoms with Crippen molar-refractivity contribution in [3.63, 3.8) is 0 Å². The maximum Gasteiger partial charge on any atom is 0.335 e. The molecule has 0 aromatic heterocycles. The van der Waals surface area contributed by atoms with Crippen molar-refractivity contribution in [2.24, 2.45) is 17.3 Å². The first-order valence-electron chi connectivity index (χ1n) is 7.56. The van der Waals surface area contributed by atoms with E-state index in [1.807, 2.05) is 6.92 Å². The lowest BCUT2D eigenvalue weighted by atomic mass is 9.56. The van der Waals surface area contributed by atoms with Crippen LogP contribution in [0.25, 0.3) is 0 Å². The van der Waals surface area contributed by atoms with Gasteiger partial charge in [0, 0.05) is 11.8 Å². The lowest BCUT2D eigenvalue weighted by Crippen LogP contribution is -2.60. The van der Waals surface area contributed by atoms with Gasteiger partial charge in [0.2, 0.25) is 0 Å². The van der Waals surface area contributed by atoms with Gasteiger partial charge in [-0.3, -0.25) is 0 Å². The van der Waals surface area contributed by atoms with Crippen LogP contribution in [0.2, 0.25) is 0 Å². The summed E-state index contributed by atoms with van der Waals surface area (Å²) in [4.78, 5) is 11.7. The number of fused-ring (bicyclic) bond motifs is 5. The Bertz CT molecular complexity index is 449. The molecule has 0 spiro atoms. The van der Waals surface area contributed by atoms with Crippen molar-refractivity contribution in [1.29, 1.82) is 0 Å². The number of carbonyl (C=O) groups is 1. The molecule has 3 aliphatic carbocycles. The zero-order valence-corrected chi connectivity index (χ0v) is 11.4. The Morgan fingerprint density at radius 3 is 2.68 bits per heavy atom. The van der Waals surface area contributed by atoms with Gasteiger partial charge in [-0.2, -0.15) is 0 Å². The largest absolute Gasteiger partial charge is 0.457 e. The second kappa shape index (κ2) is 3.34. The van der Waals surface area contributed by atoms with Gasteiger partial charge in [-0.1, -0.05) is 0 Å². The molecule has 19 heavy (non-hydrogen) atoms. The maximum atomic E-state index is 11.7. The molecule has 2 bridgehead atoms. The smallest absolute Gasteiger partial charge is 0.335 e. The van der Waals surface area contributed by atoms with E-state index >= 15 is 0 Å². The summed E-state index contributed by atoms with van der Waals surface area (Å²) >= 11 is 0. The van der Waals surface area contributed by atoms with Gasteiger partial charge >= 0.3 is 5.97 Å². The van der Waals surface area contributed by atoms with Gasteiger partial charge in [0.05, 0.1) is 5.60 Å². The number of rotatable bonds is 1. The highest BCUT2D eigenvalue weighted by Gasteiger charge is 2.76. The molecule has 6 atom stereocenters. The van der Waals surface area contributed by atoms with Gasteiger partial charge < -0.3 is 14.9 Å². The Balaban J connectivity index is 1.82. The van der Waals surface area contributed by atoms with Gasteiger partial charge in [-0.25, -0.2) is 4.79 Å². The number of carbonyl (C=O) groups excluding carboxylic acids is 1. The molecule has 6 unspecified atom stereocenters. The minimum Gasteiger partial charge on any atom is -0.457 e. The molecule has 4 nitrogen and oxygen atoms in total. The Morgan fingerprint density at radius 2 is 2.00 bits per heavy atom. The summed E-state index contributed by atoms with van der Waals surface area (Å²) in [5.74, 6) is 0.315. The van der Waals surface area contributed by atoms with Gasteiger partial charge in [0.1, 0.15) is 5.60 Å². The van der Waals surface area contributed by atoms with Crippen LogP contribution in [0.4, 0.5) is 0 Å². The van der Waals surface area contributed by atoms with Crippen LogP contribution in [0, 0.1) is 17.3 Å². The number of cyclic esters (lactones) is 1. The molecular weight excluding hydrogens is 244 g/mol. The average molecular weight is 266 g/mol. The topological polar surface area (TPSA) is 66.8 Å². The Labute approximate surface area is 113 Å². The maximum absolute atomic E-state index is 11.7. The first-order chi connectivity index (χ1) is 8.93. The standard InChI is InChI=1S/C15H22O4/c1-13(8-11(16)12(17)19-13)14-5-2-6-15(14,18)10-4-3-9(14)7-10/h9-11,16,18H,2-8H2,1H3. The van der Waals surface area contributed by atoms with Gasteiger partial charge in [-0.15, -0.1) is 0 Å². The summed E-state index contributed by atoms with van der Waals surface area (Å²) in [5.41, 5.74) is -1.67. The molecule has 4 aliphatic rings. The molecule has 106 valence electrons. The van der Waals surface area contributed by atoms with Gasteiger partial charge in [0.25, 0.3) is 0 Å². The molecule has 4 heteroatoms. The predicted octanol–water partition coefficient (Wildman–Crippen LogP) is 1.38. The average Bonchev–Trinajstić information content (AvgIpc) is 3.01. The van der Waals surface area contributed by atoms with Crippen molar-refractivity contribution in [2.45, 2.75) is 69.2 Å². The molecule has 0 aromatic carbocycles. The fourth-order valence-corrected chi connectivity index (χ4v) is 6.28. The number of aliphatic hydroxyl groups excluding tert-OH is 1. The van der Waals surface area contributed by atoms with E-state index in [0.717, 1.165) is 38.5 Å². The first kappa shape index (κ1) is 12.2. The van der Waals surface area contributed by atoms with E-state index in [2.05, 4.69) is 0 Å². The molecule has 3 saturated carbocycles. The van der Waals surface area contributed by atoms with Crippen molar-refractivity contribution in [2.75, 3.05) is 0 Å². The van der Waals surface area contributed by atoms with Crippen molar-refractivity contribution in [1.82, 2.24) is 0 Å². The fourth-order valence-electron chi connectivity index (χ4n) is 6.28. The molecule has 0 amide bonds. The molecular formula is C15H22O4. The van der Waals surface area contributed by atoms with Crippen LogP contribution in [0.5, 0.6) is 0 Å². The second-order valence-corrected chi connectivity index (χ2v) is 7.33. The third-order valence-corrected chi connectivity index (χ3v) is 6.83. The number of esters is 1. The normalized spacial score (nSPS) is 59.5. The van der Waals surface area contributed by atoms with Crippen molar-refractivity contribution in [3.8, 4) is 0 Å². The van der Waals surface area contributed by atoms with E-state index < -0.39 is 23.3 Å². The van der Waals surface area contributed by atoms with Gasteiger partial charge in [-0.05, 0) is 57.3 Å². The molecule has 1 saturated heterocycles. The molecule has 1 aliphatic heterocycles.